The third kappa shape index (κ3) is 5.17. The summed E-state index contributed by atoms with van der Waals surface area (Å²) in [7, 11) is 0. The molecular weight excluding hydrogens is 322 g/mol. The minimum Gasteiger partial charge on any atom is -0.484 e. The van der Waals surface area contributed by atoms with Crippen LogP contribution >= 0.6 is 0 Å². The Morgan fingerprint density at radius 3 is 2.28 bits per heavy atom. The molecule has 2 rings (SSSR count). The average Bonchev–Trinajstić information content (AvgIpc) is 2.60. The van der Waals surface area contributed by atoms with Gasteiger partial charge in [-0.25, -0.2) is 4.79 Å². The van der Waals surface area contributed by atoms with Gasteiger partial charge >= 0.3 is 5.97 Å². The number of carbonyl (C=O) groups excluding carboxylic acids is 3. The van der Waals surface area contributed by atoms with Gasteiger partial charge in [-0.05, 0) is 49.7 Å². The first-order chi connectivity index (χ1) is 11.9. The molecule has 6 nitrogen and oxygen atoms in total. The largest absolute Gasteiger partial charge is 0.484 e. The molecule has 2 aromatic carbocycles. The summed E-state index contributed by atoms with van der Waals surface area (Å²) < 4.78 is 10.2. The number of ether oxygens (including phenoxy) is 2. The summed E-state index contributed by atoms with van der Waals surface area (Å²) in [5.74, 6) is -1.05. The van der Waals surface area contributed by atoms with Gasteiger partial charge < -0.3 is 15.2 Å². The molecule has 0 aromatic heterocycles. The Labute approximate surface area is 145 Å². The summed E-state index contributed by atoms with van der Waals surface area (Å²) in [6, 6.07) is 11.6. The van der Waals surface area contributed by atoms with E-state index in [1.54, 1.807) is 6.07 Å². The fourth-order valence-electron chi connectivity index (χ4n) is 2.17. The molecule has 0 radical (unpaired) electrons. The second kappa shape index (κ2) is 8.10. The van der Waals surface area contributed by atoms with Crippen molar-refractivity contribution >= 4 is 17.7 Å². The van der Waals surface area contributed by atoms with E-state index < -0.39 is 11.9 Å². The lowest BCUT2D eigenvalue weighted by atomic mass is 10.0. The summed E-state index contributed by atoms with van der Waals surface area (Å²) in [5, 5.41) is 0. The number of hydrogen-bond acceptors (Lipinski definition) is 5. The van der Waals surface area contributed by atoms with E-state index in [0.29, 0.717) is 11.3 Å². The molecule has 130 valence electrons. The van der Waals surface area contributed by atoms with Gasteiger partial charge in [0.1, 0.15) is 5.75 Å². The molecule has 6 heteroatoms. The van der Waals surface area contributed by atoms with Gasteiger partial charge in [0.2, 0.25) is 5.78 Å². The molecule has 2 N–H and O–H groups in total. The van der Waals surface area contributed by atoms with Crippen LogP contribution in [0.25, 0.3) is 0 Å². The number of aryl methyl sites for hydroxylation is 2. The maximum Gasteiger partial charge on any atom is 0.338 e. The molecule has 0 aliphatic carbocycles. The summed E-state index contributed by atoms with van der Waals surface area (Å²) >= 11 is 0. The van der Waals surface area contributed by atoms with Gasteiger partial charge in [-0.15, -0.1) is 0 Å². The second-order valence-electron chi connectivity index (χ2n) is 5.60. The van der Waals surface area contributed by atoms with E-state index >= 15 is 0 Å². The van der Waals surface area contributed by atoms with E-state index in [1.165, 1.54) is 24.3 Å². The van der Waals surface area contributed by atoms with Gasteiger partial charge in [-0.2, -0.15) is 0 Å². The molecule has 0 aliphatic rings. The van der Waals surface area contributed by atoms with Crippen LogP contribution in [-0.4, -0.2) is 30.9 Å². The molecular formula is C19H19NO5. The maximum absolute atomic E-state index is 12.2. The number of Topliss-reactive ketones (excluding diaryl/α,β-unsaturated/α-hetero) is 1. The predicted molar refractivity (Wildman–Crippen MR) is 91.7 cm³/mol. The van der Waals surface area contributed by atoms with E-state index in [0.717, 1.165) is 11.1 Å². The number of benzene rings is 2. The maximum atomic E-state index is 12.2. The third-order valence-electron chi connectivity index (χ3n) is 3.50. The zero-order valence-electron chi connectivity index (χ0n) is 14.1. The molecule has 0 aliphatic heterocycles. The van der Waals surface area contributed by atoms with Crippen molar-refractivity contribution in [3.63, 3.8) is 0 Å². The minimum atomic E-state index is -0.611. The van der Waals surface area contributed by atoms with E-state index in [9.17, 15) is 14.4 Å². The van der Waals surface area contributed by atoms with Crippen molar-refractivity contribution in [2.45, 2.75) is 13.8 Å². The second-order valence-corrected chi connectivity index (χ2v) is 5.60. The monoisotopic (exact) mass is 341 g/mol. The highest BCUT2D eigenvalue weighted by atomic mass is 16.5. The molecule has 0 atom stereocenters. The zero-order valence-corrected chi connectivity index (χ0v) is 14.1. The topological polar surface area (TPSA) is 95.7 Å². The molecule has 2 aromatic rings. The lowest BCUT2D eigenvalue weighted by Gasteiger charge is -2.08. The van der Waals surface area contributed by atoms with Crippen LogP contribution in [-0.2, 0) is 9.53 Å². The first-order valence-corrected chi connectivity index (χ1v) is 7.65. The molecule has 0 bridgehead atoms. The van der Waals surface area contributed by atoms with Crippen LogP contribution in [0.1, 0.15) is 31.8 Å². The molecule has 1 amide bonds. The Balaban J connectivity index is 1.94. The Morgan fingerprint density at radius 2 is 1.64 bits per heavy atom. The quantitative estimate of drug-likeness (QED) is 0.615. The highest BCUT2D eigenvalue weighted by molar-refractivity contribution is 6.00. The summed E-state index contributed by atoms with van der Waals surface area (Å²) in [5.41, 5.74) is 7.61. The van der Waals surface area contributed by atoms with E-state index in [4.69, 9.17) is 15.2 Å². The Bertz CT molecular complexity index is 796. The number of nitrogens with two attached hydrogens (primary N) is 1. The SMILES string of the molecule is Cc1ccc(C)c(C(=O)COC(=O)c2ccc(OCC(N)=O)cc2)c1. The number of primary amides is 1. The van der Waals surface area contributed by atoms with Crippen molar-refractivity contribution in [2.24, 2.45) is 5.73 Å². The van der Waals surface area contributed by atoms with Crippen LogP contribution < -0.4 is 10.5 Å². The summed E-state index contributed by atoms with van der Waals surface area (Å²) in [6.07, 6.45) is 0. The molecule has 0 saturated carbocycles. The van der Waals surface area contributed by atoms with Crippen molar-refractivity contribution in [1.29, 1.82) is 0 Å². The lowest BCUT2D eigenvalue weighted by Crippen LogP contribution is -2.20. The highest BCUT2D eigenvalue weighted by Gasteiger charge is 2.14. The van der Waals surface area contributed by atoms with Gasteiger partial charge in [0.15, 0.2) is 13.2 Å². The number of carbonyl (C=O) groups is 3. The molecule has 0 saturated heterocycles. The van der Waals surface area contributed by atoms with Crippen molar-refractivity contribution in [2.75, 3.05) is 13.2 Å². The van der Waals surface area contributed by atoms with Crippen LogP contribution in [0.15, 0.2) is 42.5 Å². The fourth-order valence-corrected chi connectivity index (χ4v) is 2.17. The van der Waals surface area contributed by atoms with Crippen LogP contribution in [0.5, 0.6) is 5.75 Å². The zero-order chi connectivity index (χ0) is 18.4. The van der Waals surface area contributed by atoms with Crippen LogP contribution in [0.3, 0.4) is 0 Å². The molecule has 0 unspecified atom stereocenters. The van der Waals surface area contributed by atoms with Gasteiger partial charge in [-0.1, -0.05) is 17.7 Å². The van der Waals surface area contributed by atoms with Crippen LogP contribution in [0.4, 0.5) is 0 Å². The Hall–Kier alpha value is -3.15. The van der Waals surface area contributed by atoms with E-state index in [1.807, 2.05) is 26.0 Å². The summed E-state index contributed by atoms with van der Waals surface area (Å²) in [6.45, 7) is 3.15. The predicted octanol–water partition coefficient (Wildman–Crippen LogP) is 2.21. The number of hydrogen-bond donors (Lipinski definition) is 1. The third-order valence-corrected chi connectivity index (χ3v) is 3.50. The molecule has 0 fully saturated rings. The van der Waals surface area contributed by atoms with E-state index in [-0.39, 0.29) is 24.6 Å². The van der Waals surface area contributed by atoms with Gasteiger partial charge in [0.05, 0.1) is 5.56 Å². The van der Waals surface area contributed by atoms with Gasteiger partial charge in [-0.3, -0.25) is 9.59 Å². The first kappa shape index (κ1) is 18.2. The minimum absolute atomic E-state index is 0.242. The van der Waals surface area contributed by atoms with Crippen LogP contribution in [0.2, 0.25) is 0 Å². The number of rotatable bonds is 7. The average molecular weight is 341 g/mol. The van der Waals surface area contributed by atoms with Crippen molar-refractivity contribution in [3.8, 4) is 5.75 Å². The van der Waals surface area contributed by atoms with Crippen molar-refractivity contribution in [1.82, 2.24) is 0 Å². The first-order valence-electron chi connectivity index (χ1n) is 7.65. The molecule has 0 spiro atoms. The van der Waals surface area contributed by atoms with Crippen molar-refractivity contribution in [3.05, 3.63) is 64.7 Å². The number of ketones is 1. The van der Waals surface area contributed by atoms with Gasteiger partial charge in [0.25, 0.3) is 5.91 Å². The lowest BCUT2D eigenvalue weighted by molar-refractivity contribution is -0.119. The van der Waals surface area contributed by atoms with Gasteiger partial charge in [0, 0.05) is 5.56 Å². The smallest absolute Gasteiger partial charge is 0.338 e. The highest BCUT2D eigenvalue weighted by Crippen LogP contribution is 2.14. The standard InChI is InChI=1S/C19H19NO5/c1-12-3-4-13(2)16(9-12)17(21)10-25-19(23)14-5-7-15(8-6-14)24-11-18(20)22/h3-9H,10-11H2,1-2H3,(H2,20,22). The number of esters is 1. The van der Waals surface area contributed by atoms with Crippen LogP contribution in [0, 0.1) is 13.8 Å². The number of amides is 1. The molecule has 25 heavy (non-hydrogen) atoms. The Kier molecular flexibility index (Phi) is 5.89. The molecule has 0 heterocycles. The van der Waals surface area contributed by atoms with E-state index in [2.05, 4.69) is 0 Å². The Morgan fingerprint density at radius 1 is 0.960 bits per heavy atom. The summed E-state index contributed by atoms with van der Waals surface area (Å²) in [4.78, 5) is 34.9. The fraction of sp³-hybridized carbons (Fsp3) is 0.211. The normalized spacial score (nSPS) is 10.2. The van der Waals surface area contributed by atoms with Crippen molar-refractivity contribution < 1.29 is 23.9 Å².